The van der Waals surface area contributed by atoms with E-state index < -0.39 is 11.7 Å². The largest absolute Gasteiger partial charge is 0.428 e. The molecular weight excluding hydrogens is 291 g/mol. The van der Waals surface area contributed by atoms with Crippen LogP contribution in [-0.4, -0.2) is 9.36 Å². The highest BCUT2D eigenvalue weighted by molar-refractivity contribution is 7.07. The molecule has 0 unspecified atom stereocenters. The number of rotatable bonds is 3. The Kier molecular flexibility index (Phi) is 3.04. The summed E-state index contributed by atoms with van der Waals surface area (Å²) in [6, 6.07) is 2.96. The van der Waals surface area contributed by atoms with Crippen LogP contribution in [0, 0.1) is 0 Å². The van der Waals surface area contributed by atoms with Gasteiger partial charge >= 0.3 is 6.18 Å². The number of nitrogens with two attached hydrogens (primary N) is 1. The molecule has 2 N–H and O–H groups in total. The summed E-state index contributed by atoms with van der Waals surface area (Å²) in [5, 5.41) is 0.290. The molecule has 0 spiro atoms. The van der Waals surface area contributed by atoms with E-state index in [0.717, 1.165) is 42.3 Å². The number of anilines is 1. The molecule has 8 heteroatoms. The number of hydrogen-bond acceptors (Lipinski definition) is 5. The second-order valence-electron chi connectivity index (χ2n) is 4.55. The molecule has 20 heavy (non-hydrogen) atoms. The van der Waals surface area contributed by atoms with Crippen molar-refractivity contribution in [3.63, 3.8) is 0 Å². The maximum absolute atomic E-state index is 12.5. The maximum atomic E-state index is 12.5. The van der Waals surface area contributed by atoms with E-state index in [2.05, 4.69) is 9.36 Å². The first-order chi connectivity index (χ1) is 9.43. The second-order valence-corrected chi connectivity index (χ2v) is 5.26. The van der Waals surface area contributed by atoms with Crippen LogP contribution >= 0.6 is 11.5 Å². The molecule has 3 rings (SSSR count). The quantitative estimate of drug-likeness (QED) is 0.876. The lowest BCUT2D eigenvalue weighted by atomic mass is 10.2. The van der Waals surface area contributed by atoms with E-state index >= 15 is 0 Å². The van der Waals surface area contributed by atoms with E-state index in [-0.39, 0.29) is 11.4 Å². The predicted octanol–water partition coefficient (Wildman–Crippen LogP) is 3.81. The Labute approximate surface area is 116 Å². The van der Waals surface area contributed by atoms with Gasteiger partial charge in [0.05, 0.1) is 11.3 Å². The monoisotopic (exact) mass is 301 g/mol. The zero-order chi connectivity index (χ0) is 14.3. The third kappa shape index (κ3) is 2.69. The molecule has 106 valence electrons. The first kappa shape index (κ1) is 13.2. The minimum Gasteiger partial charge on any atom is -0.428 e. The standard InChI is InChI=1S/C12H10F3N3OS/c13-12(14,15)7-3-4-9(8(16)5-7)19-11-17-10(18-20-11)6-1-2-6/h3-6H,1-2,16H2. The SMILES string of the molecule is Nc1cc(C(F)(F)F)ccc1Oc1nc(C2CC2)ns1. The van der Waals surface area contributed by atoms with Gasteiger partial charge in [0.1, 0.15) is 5.82 Å². The molecule has 4 nitrogen and oxygen atoms in total. The van der Waals surface area contributed by atoms with Crippen molar-refractivity contribution in [1.82, 2.24) is 9.36 Å². The molecule has 0 aliphatic heterocycles. The average Bonchev–Trinajstić information content (AvgIpc) is 3.11. The van der Waals surface area contributed by atoms with Crippen LogP contribution in [0.3, 0.4) is 0 Å². The summed E-state index contributed by atoms with van der Waals surface area (Å²) in [6.07, 6.45) is -2.29. The summed E-state index contributed by atoms with van der Waals surface area (Å²) < 4.78 is 47.1. The summed E-state index contributed by atoms with van der Waals surface area (Å²) in [5.74, 6) is 1.28. The van der Waals surface area contributed by atoms with Gasteiger partial charge in [-0.05, 0) is 31.0 Å². The van der Waals surface area contributed by atoms with Crippen LogP contribution in [0.15, 0.2) is 18.2 Å². The number of halogens is 3. The zero-order valence-electron chi connectivity index (χ0n) is 10.1. The van der Waals surface area contributed by atoms with Gasteiger partial charge in [0.15, 0.2) is 5.75 Å². The van der Waals surface area contributed by atoms with Gasteiger partial charge in [0.25, 0.3) is 5.19 Å². The van der Waals surface area contributed by atoms with Gasteiger partial charge in [-0.1, -0.05) is 0 Å². The smallest absolute Gasteiger partial charge is 0.416 e. The number of ether oxygens (including phenoxy) is 1. The normalized spacial score (nSPS) is 15.3. The lowest BCUT2D eigenvalue weighted by molar-refractivity contribution is -0.137. The summed E-state index contributed by atoms with van der Waals surface area (Å²) >= 11 is 1.07. The number of nitrogen functional groups attached to an aromatic ring is 1. The van der Waals surface area contributed by atoms with Gasteiger partial charge < -0.3 is 10.5 Å². The van der Waals surface area contributed by atoms with Crippen molar-refractivity contribution < 1.29 is 17.9 Å². The van der Waals surface area contributed by atoms with Crippen LogP contribution in [0.4, 0.5) is 18.9 Å². The van der Waals surface area contributed by atoms with Crippen molar-refractivity contribution in [2.75, 3.05) is 5.73 Å². The Bertz CT molecular complexity index is 637. The molecule has 0 atom stereocenters. The van der Waals surface area contributed by atoms with E-state index in [1.165, 1.54) is 6.07 Å². The van der Waals surface area contributed by atoms with Gasteiger partial charge in [0.2, 0.25) is 0 Å². The highest BCUT2D eigenvalue weighted by atomic mass is 32.1. The van der Waals surface area contributed by atoms with E-state index in [9.17, 15) is 13.2 Å². The lowest BCUT2D eigenvalue weighted by Crippen LogP contribution is -2.05. The number of aromatic nitrogens is 2. The van der Waals surface area contributed by atoms with Crippen LogP contribution in [0.2, 0.25) is 0 Å². The molecule has 1 aliphatic rings. The fourth-order valence-corrected chi connectivity index (χ4v) is 2.30. The van der Waals surface area contributed by atoms with Crippen LogP contribution < -0.4 is 10.5 Å². The Balaban J connectivity index is 1.79. The Hall–Kier alpha value is -1.83. The number of alkyl halides is 3. The van der Waals surface area contributed by atoms with Crippen molar-refractivity contribution in [2.24, 2.45) is 0 Å². The van der Waals surface area contributed by atoms with E-state index in [1.807, 2.05) is 0 Å². The molecule has 1 aliphatic carbocycles. The summed E-state index contributed by atoms with van der Waals surface area (Å²) in [4.78, 5) is 4.19. The van der Waals surface area contributed by atoms with E-state index in [0.29, 0.717) is 11.1 Å². The van der Waals surface area contributed by atoms with Gasteiger partial charge in [0, 0.05) is 17.5 Å². The molecule has 1 aromatic heterocycles. The predicted molar refractivity (Wildman–Crippen MR) is 67.8 cm³/mol. The number of nitrogens with zero attached hydrogens (tertiary/aromatic N) is 2. The van der Waals surface area contributed by atoms with Crippen molar-refractivity contribution in [1.29, 1.82) is 0 Å². The summed E-state index contributed by atoms with van der Waals surface area (Å²) in [5.41, 5.74) is 4.69. The van der Waals surface area contributed by atoms with Gasteiger partial charge in [-0.15, -0.1) is 0 Å². The van der Waals surface area contributed by atoms with Gasteiger partial charge in [-0.3, -0.25) is 0 Å². The lowest BCUT2D eigenvalue weighted by Gasteiger charge is -2.10. The molecular formula is C12H10F3N3OS. The highest BCUT2D eigenvalue weighted by Gasteiger charge is 2.31. The second kappa shape index (κ2) is 4.62. The first-order valence-electron chi connectivity index (χ1n) is 5.91. The molecule has 0 bridgehead atoms. The molecule has 1 heterocycles. The minimum atomic E-state index is -4.42. The zero-order valence-corrected chi connectivity index (χ0v) is 11.0. The van der Waals surface area contributed by atoms with Gasteiger partial charge in [-0.2, -0.15) is 22.5 Å². The number of benzene rings is 1. The third-order valence-electron chi connectivity index (χ3n) is 2.90. The Morgan fingerprint density at radius 1 is 1.30 bits per heavy atom. The van der Waals surface area contributed by atoms with Crippen LogP contribution in [-0.2, 0) is 6.18 Å². The highest BCUT2D eigenvalue weighted by Crippen LogP contribution is 2.41. The fraction of sp³-hybridized carbons (Fsp3) is 0.333. The molecule has 2 aromatic rings. The van der Waals surface area contributed by atoms with Crippen molar-refractivity contribution >= 4 is 17.2 Å². The van der Waals surface area contributed by atoms with Gasteiger partial charge in [-0.25, -0.2) is 0 Å². The Morgan fingerprint density at radius 3 is 2.65 bits per heavy atom. The summed E-state index contributed by atoms with van der Waals surface area (Å²) in [7, 11) is 0. The van der Waals surface area contributed by atoms with E-state index in [4.69, 9.17) is 10.5 Å². The third-order valence-corrected chi connectivity index (χ3v) is 3.51. The first-order valence-corrected chi connectivity index (χ1v) is 6.69. The van der Waals surface area contributed by atoms with Crippen LogP contribution in [0.1, 0.15) is 30.1 Å². The maximum Gasteiger partial charge on any atom is 0.416 e. The molecule has 1 fully saturated rings. The molecule has 0 amide bonds. The molecule has 1 saturated carbocycles. The molecule has 0 radical (unpaired) electrons. The van der Waals surface area contributed by atoms with Crippen LogP contribution in [0.5, 0.6) is 10.9 Å². The van der Waals surface area contributed by atoms with Crippen molar-refractivity contribution in [2.45, 2.75) is 24.9 Å². The Morgan fingerprint density at radius 2 is 2.05 bits per heavy atom. The molecule has 1 aromatic carbocycles. The fourth-order valence-electron chi connectivity index (χ4n) is 1.68. The average molecular weight is 301 g/mol. The van der Waals surface area contributed by atoms with E-state index in [1.54, 1.807) is 0 Å². The molecule has 0 saturated heterocycles. The minimum absolute atomic E-state index is 0.0806. The topological polar surface area (TPSA) is 61.0 Å². The van der Waals surface area contributed by atoms with Crippen molar-refractivity contribution in [3.05, 3.63) is 29.6 Å². The summed E-state index contributed by atoms with van der Waals surface area (Å²) in [6.45, 7) is 0. The van der Waals surface area contributed by atoms with Crippen molar-refractivity contribution in [3.8, 4) is 10.9 Å². The van der Waals surface area contributed by atoms with Crippen LogP contribution in [0.25, 0.3) is 0 Å². The number of hydrogen-bond donors (Lipinski definition) is 1.